The molecule has 94 valence electrons. The van der Waals surface area contributed by atoms with Gasteiger partial charge in [0.05, 0.1) is 6.04 Å². The zero-order valence-electron chi connectivity index (χ0n) is 10.7. The summed E-state index contributed by atoms with van der Waals surface area (Å²) in [6.45, 7) is 5.13. The molecule has 4 nitrogen and oxygen atoms in total. The van der Waals surface area contributed by atoms with Gasteiger partial charge in [0.1, 0.15) is 0 Å². The molecule has 1 aliphatic carbocycles. The summed E-state index contributed by atoms with van der Waals surface area (Å²) in [5.74, 6) is 6.20. The molecule has 1 unspecified atom stereocenters. The van der Waals surface area contributed by atoms with E-state index >= 15 is 0 Å². The lowest BCUT2D eigenvalue weighted by Gasteiger charge is -2.31. The van der Waals surface area contributed by atoms with Gasteiger partial charge in [-0.1, -0.05) is 26.7 Å². The fraction of sp³-hybridized carbons (Fsp3) is 0.917. The van der Waals surface area contributed by atoms with Crippen LogP contribution in [0.2, 0.25) is 0 Å². The number of hydrogen-bond donors (Lipinski definition) is 2. The van der Waals surface area contributed by atoms with Crippen LogP contribution >= 0.6 is 0 Å². The number of likely N-dealkylation sites (N-methyl/N-ethyl adjacent to an activating group) is 1. The van der Waals surface area contributed by atoms with E-state index in [1.165, 1.54) is 25.7 Å². The first-order valence-electron chi connectivity index (χ1n) is 6.27. The summed E-state index contributed by atoms with van der Waals surface area (Å²) in [6, 6.07) is -0.106. The molecule has 0 aliphatic heterocycles. The van der Waals surface area contributed by atoms with E-state index in [9.17, 15) is 4.79 Å². The van der Waals surface area contributed by atoms with Crippen molar-refractivity contribution in [3.63, 3.8) is 0 Å². The summed E-state index contributed by atoms with van der Waals surface area (Å²) in [5, 5.41) is 0. The van der Waals surface area contributed by atoms with Gasteiger partial charge in [0.2, 0.25) is 0 Å². The van der Waals surface area contributed by atoms with E-state index in [0.717, 1.165) is 12.5 Å². The number of nitrogens with zero attached hydrogens (tertiary/aromatic N) is 1. The maximum atomic E-state index is 11.7. The van der Waals surface area contributed by atoms with Crippen LogP contribution in [-0.4, -0.2) is 30.4 Å². The molecule has 3 N–H and O–H groups in total. The van der Waals surface area contributed by atoms with Crippen LogP contribution in [-0.2, 0) is 4.79 Å². The Bertz CT molecular complexity index is 224. The van der Waals surface area contributed by atoms with Crippen molar-refractivity contribution < 1.29 is 4.79 Å². The fourth-order valence-corrected chi connectivity index (χ4v) is 2.81. The lowest BCUT2D eigenvalue weighted by atomic mass is 10.00. The minimum Gasteiger partial charge on any atom is -0.295 e. The largest absolute Gasteiger partial charge is 0.295 e. The molecule has 0 spiro atoms. The van der Waals surface area contributed by atoms with E-state index in [1.807, 2.05) is 7.05 Å². The molecule has 0 aromatic carbocycles. The first kappa shape index (κ1) is 13.5. The van der Waals surface area contributed by atoms with Crippen molar-refractivity contribution in [3.05, 3.63) is 0 Å². The summed E-state index contributed by atoms with van der Waals surface area (Å²) in [6.07, 6.45) is 5.29. The van der Waals surface area contributed by atoms with Crippen LogP contribution in [0.3, 0.4) is 0 Å². The van der Waals surface area contributed by atoms with E-state index in [0.29, 0.717) is 0 Å². The highest BCUT2D eigenvalue weighted by Crippen LogP contribution is 2.26. The third kappa shape index (κ3) is 3.46. The number of hydrazine groups is 1. The van der Waals surface area contributed by atoms with Crippen molar-refractivity contribution in [1.82, 2.24) is 10.3 Å². The summed E-state index contributed by atoms with van der Waals surface area (Å²) in [5.41, 5.74) is 2.27. The van der Waals surface area contributed by atoms with E-state index in [-0.39, 0.29) is 17.9 Å². The second-order valence-corrected chi connectivity index (χ2v) is 5.29. The number of nitrogens with one attached hydrogen (secondary N) is 1. The maximum Gasteiger partial charge on any atom is 0.251 e. The Morgan fingerprint density at radius 3 is 2.44 bits per heavy atom. The molecule has 0 radical (unpaired) electrons. The second kappa shape index (κ2) is 6.21. The molecular formula is C12H25N3O. The highest BCUT2D eigenvalue weighted by molar-refractivity contribution is 5.81. The van der Waals surface area contributed by atoms with Crippen molar-refractivity contribution in [2.45, 2.75) is 45.6 Å². The SMILES string of the molecule is CC(C)C(C(=O)NN)N(C)CC1CCCC1. The standard InChI is InChI=1S/C12H25N3O/c1-9(2)11(12(16)14-13)15(3)8-10-6-4-5-7-10/h9-11H,4-8,13H2,1-3H3,(H,14,16). The van der Waals surface area contributed by atoms with Gasteiger partial charge < -0.3 is 0 Å². The van der Waals surface area contributed by atoms with Crippen LogP contribution in [0.4, 0.5) is 0 Å². The van der Waals surface area contributed by atoms with Crippen molar-refractivity contribution in [3.8, 4) is 0 Å². The number of hydrogen-bond acceptors (Lipinski definition) is 3. The molecule has 1 atom stereocenters. The zero-order valence-corrected chi connectivity index (χ0v) is 10.7. The van der Waals surface area contributed by atoms with E-state index < -0.39 is 0 Å². The normalized spacial score (nSPS) is 19.4. The molecule has 0 aromatic heterocycles. The van der Waals surface area contributed by atoms with Gasteiger partial charge in [-0.15, -0.1) is 0 Å². The van der Waals surface area contributed by atoms with Crippen LogP contribution in [0.15, 0.2) is 0 Å². The van der Waals surface area contributed by atoms with Crippen LogP contribution in [0.1, 0.15) is 39.5 Å². The monoisotopic (exact) mass is 227 g/mol. The third-order valence-corrected chi connectivity index (χ3v) is 3.54. The third-order valence-electron chi connectivity index (χ3n) is 3.54. The number of carbonyl (C=O) groups excluding carboxylic acids is 1. The summed E-state index contributed by atoms with van der Waals surface area (Å²) in [7, 11) is 2.03. The average Bonchev–Trinajstić information content (AvgIpc) is 2.69. The minimum absolute atomic E-state index is 0.0736. The molecule has 0 heterocycles. The molecule has 1 fully saturated rings. The van der Waals surface area contributed by atoms with Gasteiger partial charge in [0.15, 0.2) is 0 Å². The smallest absolute Gasteiger partial charge is 0.251 e. The zero-order chi connectivity index (χ0) is 12.1. The Morgan fingerprint density at radius 2 is 2.00 bits per heavy atom. The topological polar surface area (TPSA) is 58.4 Å². The average molecular weight is 227 g/mol. The molecule has 1 saturated carbocycles. The van der Waals surface area contributed by atoms with Crippen molar-refractivity contribution in [1.29, 1.82) is 0 Å². The Morgan fingerprint density at radius 1 is 1.44 bits per heavy atom. The number of carbonyl (C=O) groups is 1. The van der Waals surface area contributed by atoms with Gasteiger partial charge >= 0.3 is 0 Å². The predicted molar refractivity (Wildman–Crippen MR) is 65.5 cm³/mol. The van der Waals surface area contributed by atoms with Crippen molar-refractivity contribution in [2.75, 3.05) is 13.6 Å². The van der Waals surface area contributed by atoms with Crippen LogP contribution < -0.4 is 11.3 Å². The van der Waals surface area contributed by atoms with Crippen LogP contribution in [0.25, 0.3) is 0 Å². The first-order chi connectivity index (χ1) is 7.56. The van der Waals surface area contributed by atoms with E-state index in [4.69, 9.17) is 5.84 Å². The molecule has 0 saturated heterocycles. The molecular weight excluding hydrogens is 202 g/mol. The molecule has 1 aliphatic rings. The molecule has 1 amide bonds. The van der Waals surface area contributed by atoms with Gasteiger partial charge in [0, 0.05) is 6.54 Å². The van der Waals surface area contributed by atoms with Gasteiger partial charge in [-0.05, 0) is 31.7 Å². The minimum atomic E-state index is -0.106. The number of rotatable bonds is 5. The van der Waals surface area contributed by atoms with Gasteiger partial charge in [-0.2, -0.15) is 0 Å². The Balaban J connectivity index is 2.52. The quantitative estimate of drug-likeness (QED) is 0.420. The van der Waals surface area contributed by atoms with Crippen molar-refractivity contribution >= 4 is 5.91 Å². The van der Waals surface area contributed by atoms with Gasteiger partial charge in [-0.25, -0.2) is 5.84 Å². The molecule has 0 aromatic rings. The number of amides is 1. The number of nitrogens with two attached hydrogens (primary N) is 1. The molecule has 16 heavy (non-hydrogen) atoms. The maximum absolute atomic E-state index is 11.7. The van der Waals surface area contributed by atoms with E-state index in [2.05, 4.69) is 24.2 Å². The van der Waals surface area contributed by atoms with Gasteiger partial charge in [-0.3, -0.25) is 15.1 Å². The fourth-order valence-electron chi connectivity index (χ4n) is 2.81. The van der Waals surface area contributed by atoms with Crippen LogP contribution in [0, 0.1) is 11.8 Å². The summed E-state index contributed by atoms with van der Waals surface area (Å²) < 4.78 is 0. The molecule has 0 bridgehead atoms. The summed E-state index contributed by atoms with van der Waals surface area (Å²) in [4.78, 5) is 13.8. The molecule has 1 rings (SSSR count). The lowest BCUT2D eigenvalue weighted by molar-refractivity contribution is -0.127. The van der Waals surface area contributed by atoms with E-state index in [1.54, 1.807) is 0 Å². The first-order valence-corrected chi connectivity index (χ1v) is 6.27. The van der Waals surface area contributed by atoms with Crippen molar-refractivity contribution in [2.24, 2.45) is 17.7 Å². The highest BCUT2D eigenvalue weighted by atomic mass is 16.2. The second-order valence-electron chi connectivity index (χ2n) is 5.29. The lowest BCUT2D eigenvalue weighted by Crippen LogP contribution is -2.51. The predicted octanol–water partition coefficient (Wildman–Crippen LogP) is 1.12. The van der Waals surface area contributed by atoms with Gasteiger partial charge in [0.25, 0.3) is 5.91 Å². The summed E-state index contributed by atoms with van der Waals surface area (Å²) >= 11 is 0. The van der Waals surface area contributed by atoms with Crippen LogP contribution in [0.5, 0.6) is 0 Å². The highest BCUT2D eigenvalue weighted by Gasteiger charge is 2.28. The Kier molecular flexibility index (Phi) is 5.22. The Labute approximate surface area is 98.5 Å². The molecule has 4 heteroatoms. The Hall–Kier alpha value is -0.610.